The van der Waals surface area contributed by atoms with Crippen molar-refractivity contribution >= 4 is 0 Å². The summed E-state index contributed by atoms with van der Waals surface area (Å²) in [5.74, 6) is 0.0428. The summed E-state index contributed by atoms with van der Waals surface area (Å²) in [5.41, 5.74) is 2.62. The molecule has 0 spiro atoms. The number of aromatic nitrogens is 3. The van der Waals surface area contributed by atoms with Gasteiger partial charge in [-0.1, -0.05) is 30.3 Å². The van der Waals surface area contributed by atoms with Crippen molar-refractivity contribution in [3.8, 4) is 22.7 Å². The van der Waals surface area contributed by atoms with Crippen molar-refractivity contribution in [1.82, 2.24) is 14.8 Å². The minimum atomic E-state index is -0.325. The molecule has 0 aliphatic carbocycles. The molecule has 6 heteroatoms. The maximum Gasteiger partial charge on any atom is 0.267 e. The van der Waals surface area contributed by atoms with E-state index in [0.717, 1.165) is 5.56 Å². The number of oxazole rings is 1. The summed E-state index contributed by atoms with van der Waals surface area (Å²) >= 11 is 0. The highest BCUT2D eigenvalue weighted by atomic mass is 19.1. The molecule has 2 heterocycles. The molecule has 0 amide bonds. The van der Waals surface area contributed by atoms with Crippen LogP contribution in [0.2, 0.25) is 0 Å². The van der Waals surface area contributed by atoms with E-state index in [4.69, 9.17) is 4.42 Å². The Hall–Kier alpha value is -3.54. The van der Waals surface area contributed by atoms with Gasteiger partial charge in [0.1, 0.15) is 17.8 Å². The maximum absolute atomic E-state index is 13.0. The van der Waals surface area contributed by atoms with E-state index in [1.165, 1.54) is 29.1 Å². The molecule has 0 atom stereocenters. The third-order valence-electron chi connectivity index (χ3n) is 3.89. The summed E-state index contributed by atoms with van der Waals surface area (Å²) in [6, 6.07) is 18.7. The molecule has 0 fully saturated rings. The van der Waals surface area contributed by atoms with Gasteiger partial charge in [-0.05, 0) is 30.3 Å². The predicted octanol–water partition coefficient (Wildman–Crippen LogP) is 3.75. The summed E-state index contributed by atoms with van der Waals surface area (Å²) < 4.78 is 19.8. The number of benzene rings is 2. The number of rotatable bonds is 4. The molecule has 128 valence electrons. The normalized spacial score (nSPS) is 10.8. The molecule has 0 radical (unpaired) electrons. The lowest BCUT2D eigenvalue weighted by molar-refractivity contribution is 0.567. The van der Waals surface area contributed by atoms with Gasteiger partial charge < -0.3 is 4.42 Å². The summed E-state index contributed by atoms with van der Waals surface area (Å²) in [4.78, 5) is 16.5. The van der Waals surface area contributed by atoms with Crippen LogP contribution in [0.4, 0.5) is 4.39 Å². The summed E-state index contributed by atoms with van der Waals surface area (Å²) in [5, 5.41) is 4.40. The molecule has 26 heavy (non-hydrogen) atoms. The van der Waals surface area contributed by atoms with E-state index >= 15 is 0 Å². The molecule has 0 aliphatic heterocycles. The van der Waals surface area contributed by atoms with E-state index in [1.807, 2.05) is 30.3 Å². The van der Waals surface area contributed by atoms with Crippen molar-refractivity contribution in [2.45, 2.75) is 6.54 Å². The molecule has 0 saturated heterocycles. The quantitative estimate of drug-likeness (QED) is 0.564. The molecule has 2 aromatic heterocycles. The van der Waals surface area contributed by atoms with E-state index < -0.39 is 0 Å². The topological polar surface area (TPSA) is 60.9 Å². The first-order valence-corrected chi connectivity index (χ1v) is 8.03. The van der Waals surface area contributed by atoms with Gasteiger partial charge in [-0.3, -0.25) is 4.79 Å². The molecule has 2 aromatic carbocycles. The van der Waals surface area contributed by atoms with E-state index in [-0.39, 0.29) is 17.9 Å². The highest BCUT2D eigenvalue weighted by Crippen LogP contribution is 2.19. The predicted molar refractivity (Wildman–Crippen MR) is 94.9 cm³/mol. The Morgan fingerprint density at radius 3 is 2.46 bits per heavy atom. The number of nitrogens with zero attached hydrogens (tertiary/aromatic N) is 3. The average molecular weight is 347 g/mol. The van der Waals surface area contributed by atoms with Gasteiger partial charge in [-0.15, -0.1) is 0 Å². The largest absolute Gasteiger partial charge is 0.444 e. The van der Waals surface area contributed by atoms with Crippen LogP contribution in [-0.2, 0) is 6.54 Å². The number of hydrogen-bond donors (Lipinski definition) is 0. The van der Waals surface area contributed by atoms with Crippen LogP contribution in [0.3, 0.4) is 0 Å². The summed E-state index contributed by atoms with van der Waals surface area (Å²) in [6.45, 7) is 0.185. The van der Waals surface area contributed by atoms with Gasteiger partial charge in [-0.2, -0.15) is 5.10 Å². The minimum Gasteiger partial charge on any atom is -0.444 e. The Bertz CT molecular complexity index is 1090. The zero-order valence-corrected chi connectivity index (χ0v) is 13.7. The molecule has 4 rings (SSSR count). The summed E-state index contributed by atoms with van der Waals surface area (Å²) in [7, 11) is 0. The van der Waals surface area contributed by atoms with E-state index in [2.05, 4.69) is 10.1 Å². The zero-order valence-electron chi connectivity index (χ0n) is 13.7. The van der Waals surface area contributed by atoms with Crippen molar-refractivity contribution in [2.24, 2.45) is 0 Å². The first kappa shape index (κ1) is 16.0. The second kappa shape index (κ2) is 6.76. The Morgan fingerprint density at radius 2 is 1.69 bits per heavy atom. The van der Waals surface area contributed by atoms with Crippen LogP contribution in [0.5, 0.6) is 0 Å². The second-order valence-corrected chi connectivity index (χ2v) is 5.73. The highest BCUT2D eigenvalue weighted by Gasteiger charge is 2.10. The SMILES string of the molecule is O=c1ccc(-c2ccccc2)nn1Cc1coc(-c2ccc(F)cc2)n1. The maximum atomic E-state index is 13.0. The molecular formula is C20H14FN3O2. The van der Waals surface area contributed by atoms with Crippen molar-refractivity contribution in [2.75, 3.05) is 0 Å². The Morgan fingerprint density at radius 1 is 0.923 bits per heavy atom. The average Bonchev–Trinajstić information content (AvgIpc) is 3.13. The third kappa shape index (κ3) is 3.30. The van der Waals surface area contributed by atoms with Gasteiger partial charge in [0, 0.05) is 17.2 Å². The first-order valence-electron chi connectivity index (χ1n) is 8.03. The molecule has 5 nitrogen and oxygen atoms in total. The van der Waals surface area contributed by atoms with Gasteiger partial charge in [0.25, 0.3) is 5.56 Å². The minimum absolute atomic E-state index is 0.185. The number of hydrogen-bond acceptors (Lipinski definition) is 4. The lowest BCUT2D eigenvalue weighted by Gasteiger charge is -2.05. The number of halogens is 1. The smallest absolute Gasteiger partial charge is 0.267 e. The Kier molecular flexibility index (Phi) is 4.15. The second-order valence-electron chi connectivity index (χ2n) is 5.73. The van der Waals surface area contributed by atoms with E-state index in [0.29, 0.717) is 22.8 Å². The van der Waals surface area contributed by atoms with Crippen LogP contribution < -0.4 is 5.56 Å². The van der Waals surface area contributed by atoms with Gasteiger partial charge in [0.05, 0.1) is 12.2 Å². The van der Waals surface area contributed by atoms with Crippen molar-refractivity contribution in [3.05, 3.63) is 94.9 Å². The fourth-order valence-electron chi connectivity index (χ4n) is 2.58. The first-order chi connectivity index (χ1) is 12.7. The molecule has 0 saturated carbocycles. The monoisotopic (exact) mass is 347 g/mol. The van der Waals surface area contributed by atoms with Gasteiger partial charge >= 0.3 is 0 Å². The lowest BCUT2D eigenvalue weighted by atomic mass is 10.1. The molecule has 0 N–H and O–H groups in total. The summed E-state index contributed by atoms with van der Waals surface area (Å²) in [6.07, 6.45) is 1.47. The van der Waals surface area contributed by atoms with Crippen LogP contribution in [0, 0.1) is 5.82 Å². The van der Waals surface area contributed by atoms with Crippen LogP contribution in [0.15, 0.2) is 82.2 Å². The Balaban J connectivity index is 1.62. The molecule has 4 aromatic rings. The fourth-order valence-corrected chi connectivity index (χ4v) is 2.58. The van der Waals surface area contributed by atoms with Crippen LogP contribution in [0.1, 0.15) is 5.69 Å². The van der Waals surface area contributed by atoms with Gasteiger partial charge in [0.2, 0.25) is 5.89 Å². The zero-order chi connectivity index (χ0) is 17.9. The van der Waals surface area contributed by atoms with E-state index in [1.54, 1.807) is 18.2 Å². The molecular weight excluding hydrogens is 333 g/mol. The van der Waals surface area contributed by atoms with Crippen molar-refractivity contribution in [3.63, 3.8) is 0 Å². The molecule has 0 unspecified atom stereocenters. The van der Waals surface area contributed by atoms with Crippen LogP contribution in [-0.4, -0.2) is 14.8 Å². The standard InChI is InChI=1S/C20H14FN3O2/c21-16-8-6-15(7-9-16)20-22-17(13-26-20)12-24-19(25)11-10-18(23-24)14-4-2-1-3-5-14/h1-11,13H,12H2. The van der Waals surface area contributed by atoms with E-state index in [9.17, 15) is 9.18 Å². The molecule has 0 bridgehead atoms. The highest BCUT2D eigenvalue weighted by molar-refractivity contribution is 5.57. The third-order valence-corrected chi connectivity index (χ3v) is 3.89. The lowest BCUT2D eigenvalue weighted by Crippen LogP contribution is -2.23. The van der Waals surface area contributed by atoms with Gasteiger partial charge in [0.15, 0.2) is 0 Å². The fraction of sp³-hybridized carbons (Fsp3) is 0.0500. The molecule has 0 aliphatic rings. The van der Waals surface area contributed by atoms with Crippen LogP contribution in [0.25, 0.3) is 22.7 Å². The van der Waals surface area contributed by atoms with Crippen molar-refractivity contribution < 1.29 is 8.81 Å². The Labute approximate surface area is 148 Å². The van der Waals surface area contributed by atoms with Crippen LogP contribution >= 0.6 is 0 Å². The van der Waals surface area contributed by atoms with Crippen molar-refractivity contribution in [1.29, 1.82) is 0 Å². The van der Waals surface area contributed by atoms with Gasteiger partial charge in [-0.25, -0.2) is 14.1 Å².